The number of aryl methyl sites for hydroxylation is 2. The van der Waals surface area contributed by atoms with Crippen LogP contribution in [0.15, 0.2) is 72.8 Å². The smallest absolute Gasteiger partial charge is 0.410 e. The molecule has 4 rings (SSSR count). The first-order valence-corrected chi connectivity index (χ1v) is 11.0. The summed E-state index contributed by atoms with van der Waals surface area (Å²) in [7, 11) is 4.24. The number of carbonyl (C=O) groups excluding carboxylic acids is 1. The minimum atomic E-state index is -0.468. The molecule has 1 atom stereocenters. The first-order chi connectivity index (χ1) is 15.1. The molecule has 3 aromatic rings. The van der Waals surface area contributed by atoms with Crippen LogP contribution in [0, 0.1) is 0 Å². The van der Waals surface area contributed by atoms with E-state index in [0.29, 0.717) is 11.7 Å². The average molecular weight is 415 g/mol. The predicted molar refractivity (Wildman–Crippen MR) is 126 cm³/mol. The highest BCUT2D eigenvalue weighted by Crippen LogP contribution is 2.38. The van der Waals surface area contributed by atoms with Crippen molar-refractivity contribution < 1.29 is 9.53 Å². The fraction of sp³-hybridized carbons (Fsp3) is 0.296. The van der Waals surface area contributed by atoms with E-state index in [-0.39, 0.29) is 0 Å². The number of rotatable bonds is 6. The Bertz CT molecular complexity index is 1030. The topological polar surface area (TPSA) is 41.6 Å². The van der Waals surface area contributed by atoms with Crippen molar-refractivity contribution in [3.05, 3.63) is 95.1 Å². The van der Waals surface area contributed by atoms with E-state index >= 15 is 0 Å². The Morgan fingerprint density at radius 3 is 2.42 bits per heavy atom. The monoisotopic (exact) mass is 414 g/mol. The van der Waals surface area contributed by atoms with Gasteiger partial charge in [-0.1, -0.05) is 48.5 Å². The highest BCUT2D eigenvalue weighted by atomic mass is 16.6. The molecule has 4 heteroatoms. The molecule has 1 amide bonds. The molecule has 0 aromatic heterocycles. The van der Waals surface area contributed by atoms with Crippen molar-refractivity contribution in [3.63, 3.8) is 0 Å². The van der Waals surface area contributed by atoms with Gasteiger partial charge >= 0.3 is 6.09 Å². The van der Waals surface area contributed by atoms with Gasteiger partial charge in [-0.15, -0.1) is 0 Å². The molecule has 160 valence electrons. The zero-order valence-corrected chi connectivity index (χ0v) is 18.3. The number of ether oxygens (including phenoxy) is 1. The van der Waals surface area contributed by atoms with Crippen LogP contribution in [0.3, 0.4) is 0 Å². The summed E-state index contributed by atoms with van der Waals surface area (Å²) in [6.07, 6.45) is 3.81. The summed E-state index contributed by atoms with van der Waals surface area (Å²) in [6, 6.07) is 24.2. The lowest BCUT2D eigenvalue weighted by Gasteiger charge is -2.22. The van der Waals surface area contributed by atoms with Crippen molar-refractivity contribution in [2.24, 2.45) is 0 Å². The minimum absolute atomic E-state index is 0.334. The Labute approximate surface area is 184 Å². The summed E-state index contributed by atoms with van der Waals surface area (Å²) in [6.45, 7) is 1.06. The maximum absolute atomic E-state index is 12.4. The van der Waals surface area contributed by atoms with Crippen LogP contribution < -0.4 is 10.1 Å². The second kappa shape index (κ2) is 9.80. The number of para-hydroxylation sites is 1. The van der Waals surface area contributed by atoms with Gasteiger partial charge in [0, 0.05) is 11.6 Å². The number of benzene rings is 3. The summed E-state index contributed by atoms with van der Waals surface area (Å²) < 4.78 is 5.41. The maximum atomic E-state index is 12.4. The summed E-state index contributed by atoms with van der Waals surface area (Å²) in [5.74, 6) is 0.866. The van der Waals surface area contributed by atoms with Crippen molar-refractivity contribution in [1.82, 2.24) is 4.90 Å². The molecule has 3 aromatic carbocycles. The molecule has 0 bridgehead atoms. The zero-order chi connectivity index (χ0) is 21.6. The van der Waals surface area contributed by atoms with E-state index in [2.05, 4.69) is 60.7 Å². The molecule has 0 radical (unpaired) electrons. The molecular formula is C27H30N2O2. The lowest BCUT2D eigenvalue weighted by atomic mass is 9.84. The number of carbonyl (C=O) groups is 1. The average Bonchev–Trinajstić information content (AvgIpc) is 2.91. The summed E-state index contributed by atoms with van der Waals surface area (Å²) in [5, 5.41) is 2.91. The van der Waals surface area contributed by atoms with Crippen LogP contribution in [0.4, 0.5) is 10.5 Å². The Morgan fingerprint density at radius 1 is 0.935 bits per heavy atom. The number of anilines is 1. The molecule has 0 spiro atoms. The fourth-order valence-electron chi connectivity index (χ4n) is 4.43. The highest BCUT2D eigenvalue weighted by molar-refractivity contribution is 5.86. The van der Waals surface area contributed by atoms with Gasteiger partial charge in [-0.3, -0.25) is 5.32 Å². The van der Waals surface area contributed by atoms with Gasteiger partial charge in [0.2, 0.25) is 0 Å². The van der Waals surface area contributed by atoms with Crippen molar-refractivity contribution in [1.29, 1.82) is 0 Å². The van der Waals surface area contributed by atoms with Crippen LogP contribution in [0.5, 0.6) is 5.75 Å². The van der Waals surface area contributed by atoms with Gasteiger partial charge in [0.25, 0.3) is 0 Å². The highest BCUT2D eigenvalue weighted by Gasteiger charge is 2.24. The van der Waals surface area contributed by atoms with Crippen molar-refractivity contribution in [3.8, 4) is 5.75 Å². The van der Waals surface area contributed by atoms with Crippen LogP contribution in [0.25, 0.3) is 0 Å². The van der Waals surface area contributed by atoms with E-state index < -0.39 is 6.09 Å². The van der Waals surface area contributed by atoms with E-state index in [1.54, 1.807) is 12.1 Å². The number of nitrogens with one attached hydrogen (secondary N) is 1. The summed E-state index contributed by atoms with van der Waals surface area (Å²) >= 11 is 0. The quantitative estimate of drug-likeness (QED) is 0.548. The minimum Gasteiger partial charge on any atom is -0.410 e. The molecule has 0 fully saturated rings. The van der Waals surface area contributed by atoms with E-state index in [4.69, 9.17) is 4.74 Å². The van der Waals surface area contributed by atoms with Gasteiger partial charge in [-0.05, 0) is 92.8 Å². The molecule has 0 saturated heterocycles. The van der Waals surface area contributed by atoms with Gasteiger partial charge in [-0.25, -0.2) is 4.79 Å². The molecule has 0 aliphatic heterocycles. The first kappa shape index (κ1) is 21.1. The number of fused-ring (bicyclic) bond motifs is 2. The zero-order valence-electron chi connectivity index (χ0n) is 18.3. The van der Waals surface area contributed by atoms with Crippen LogP contribution in [0.1, 0.15) is 41.0 Å². The molecule has 0 heterocycles. The van der Waals surface area contributed by atoms with Crippen LogP contribution in [0.2, 0.25) is 0 Å². The number of hydrogen-bond donors (Lipinski definition) is 1. The summed E-state index contributed by atoms with van der Waals surface area (Å²) in [5.41, 5.74) is 6.32. The third-order valence-electron chi connectivity index (χ3n) is 5.91. The van der Waals surface area contributed by atoms with Gasteiger partial charge in [0.15, 0.2) is 0 Å². The SMILES string of the molecule is CN(C)CCCC1c2ccccc2CCc2ccc(NC(=O)Oc3ccccc3)cc21. The Hall–Kier alpha value is -3.11. The van der Waals surface area contributed by atoms with Gasteiger partial charge < -0.3 is 9.64 Å². The van der Waals surface area contributed by atoms with Crippen molar-refractivity contribution >= 4 is 11.8 Å². The molecule has 31 heavy (non-hydrogen) atoms. The predicted octanol–water partition coefficient (Wildman–Crippen LogP) is 5.87. The molecular weight excluding hydrogens is 384 g/mol. The van der Waals surface area contributed by atoms with Crippen LogP contribution in [-0.4, -0.2) is 31.6 Å². The Morgan fingerprint density at radius 2 is 1.65 bits per heavy atom. The molecule has 4 nitrogen and oxygen atoms in total. The first-order valence-electron chi connectivity index (χ1n) is 11.0. The van der Waals surface area contributed by atoms with Gasteiger partial charge in [-0.2, -0.15) is 0 Å². The fourth-order valence-corrected chi connectivity index (χ4v) is 4.43. The van der Waals surface area contributed by atoms with Gasteiger partial charge in [0.05, 0.1) is 0 Å². The summed E-state index contributed by atoms with van der Waals surface area (Å²) in [4.78, 5) is 14.6. The number of hydrogen-bond acceptors (Lipinski definition) is 3. The lowest BCUT2D eigenvalue weighted by Crippen LogP contribution is -2.17. The van der Waals surface area contributed by atoms with Crippen LogP contribution in [-0.2, 0) is 12.8 Å². The molecule has 1 unspecified atom stereocenters. The lowest BCUT2D eigenvalue weighted by molar-refractivity contribution is 0.215. The molecule has 1 N–H and O–H groups in total. The Kier molecular flexibility index (Phi) is 6.68. The second-order valence-electron chi connectivity index (χ2n) is 8.44. The third-order valence-corrected chi connectivity index (χ3v) is 5.91. The normalized spacial score (nSPS) is 15.0. The van der Waals surface area contributed by atoms with Crippen molar-refractivity contribution in [2.45, 2.75) is 31.6 Å². The van der Waals surface area contributed by atoms with Crippen molar-refractivity contribution in [2.75, 3.05) is 26.0 Å². The largest absolute Gasteiger partial charge is 0.417 e. The maximum Gasteiger partial charge on any atom is 0.417 e. The Balaban J connectivity index is 1.59. The number of amides is 1. The standard InChI is InChI=1S/C27H30N2O2/c1-29(2)18-8-13-25-24-12-7-6-9-20(24)14-15-21-16-17-22(19-26(21)25)28-27(30)31-23-10-4-3-5-11-23/h3-7,9-12,16-17,19,25H,8,13-15,18H2,1-2H3,(H,28,30). The molecule has 0 saturated carbocycles. The van der Waals surface area contributed by atoms with E-state index in [1.165, 1.54) is 22.3 Å². The number of nitrogens with zero attached hydrogens (tertiary/aromatic N) is 1. The van der Waals surface area contributed by atoms with E-state index in [1.807, 2.05) is 24.3 Å². The molecule has 1 aliphatic rings. The molecule has 1 aliphatic carbocycles. The van der Waals surface area contributed by atoms with Gasteiger partial charge in [0.1, 0.15) is 5.75 Å². The van der Waals surface area contributed by atoms with Crippen LogP contribution >= 0.6 is 0 Å². The third kappa shape index (κ3) is 5.33. The van der Waals surface area contributed by atoms with E-state index in [9.17, 15) is 4.79 Å². The second-order valence-corrected chi connectivity index (χ2v) is 8.44. The van der Waals surface area contributed by atoms with E-state index in [0.717, 1.165) is 37.9 Å².